The van der Waals surface area contributed by atoms with E-state index in [1.807, 2.05) is 60.1 Å². The first-order chi connectivity index (χ1) is 23.2. The summed E-state index contributed by atoms with van der Waals surface area (Å²) in [6.45, 7) is 7.98. The highest BCUT2D eigenvalue weighted by Crippen LogP contribution is 2.41. The standard InChI is InChI=1S/C42H28N4S/c1-3-5-11-30-27-45(23-22-44-41(4-2)46-38-16-8-6-12-32(38)36-24-28(26-43)18-20-39(36)46)37-21-19-29(25-35(30)37)31-14-10-15-34-33-13-7-9-17-40(33)47-42(31)34/h3-25,27H,1-2H2/b11-5-,23-22+,44-41+. The fourth-order valence-corrected chi connectivity index (χ4v) is 7.76. The second kappa shape index (κ2) is 11.6. The molecular formula is C42H28N4S. The Bertz CT molecular complexity index is 2680. The molecule has 0 aliphatic heterocycles. The van der Waals surface area contributed by atoms with Gasteiger partial charge < -0.3 is 4.57 Å². The molecule has 0 aliphatic rings. The fraction of sp³-hybridized carbons (Fsp3) is 0. The summed E-state index contributed by atoms with van der Waals surface area (Å²) in [5.74, 6) is 0.694. The van der Waals surface area contributed by atoms with Gasteiger partial charge in [-0.2, -0.15) is 5.26 Å². The highest BCUT2D eigenvalue weighted by molar-refractivity contribution is 7.26. The minimum absolute atomic E-state index is 0.627. The molecule has 8 aromatic rings. The van der Waals surface area contributed by atoms with E-state index < -0.39 is 0 Å². The third-order valence-electron chi connectivity index (χ3n) is 8.64. The molecule has 222 valence electrons. The molecule has 0 bridgehead atoms. The van der Waals surface area contributed by atoms with E-state index in [4.69, 9.17) is 4.99 Å². The van der Waals surface area contributed by atoms with Gasteiger partial charge in [-0.05, 0) is 59.7 Å². The number of rotatable bonds is 6. The Labute approximate surface area is 276 Å². The monoisotopic (exact) mass is 620 g/mol. The number of hydrogen-bond donors (Lipinski definition) is 0. The van der Waals surface area contributed by atoms with Crippen molar-refractivity contribution < 1.29 is 0 Å². The molecule has 0 fully saturated rings. The maximum Gasteiger partial charge on any atom is 0.136 e. The minimum Gasteiger partial charge on any atom is -0.321 e. The second-order valence-corrected chi connectivity index (χ2v) is 12.3. The van der Waals surface area contributed by atoms with Crippen molar-refractivity contribution in [1.29, 1.82) is 5.26 Å². The van der Waals surface area contributed by atoms with E-state index in [0.717, 1.165) is 38.3 Å². The molecule has 0 N–H and O–H groups in total. The molecule has 3 aromatic heterocycles. The van der Waals surface area contributed by atoms with Crippen molar-refractivity contribution in [2.45, 2.75) is 0 Å². The van der Waals surface area contributed by atoms with E-state index in [1.165, 1.54) is 31.3 Å². The van der Waals surface area contributed by atoms with Gasteiger partial charge in [-0.1, -0.05) is 92.0 Å². The first-order valence-corrected chi connectivity index (χ1v) is 16.1. The van der Waals surface area contributed by atoms with E-state index >= 15 is 0 Å². The third-order valence-corrected chi connectivity index (χ3v) is 9.86. The largest absolute Gasteiger partial charge is 0.321 e. The molecule has 47 heavy (non-hydrogen) atoms. The van der Waals surface area contributed by atoms with Crippen molar-refractivity contribution >= 4 is 82.3 Å². The first kappa shape index (κ1) is 28.3. The second-order valence-electron chi connectivity index (χ2n) is 11.3. The molecular weight excluding hydrogens is 593 g/mol. The molecule has 0 saturated carbocycles. The normalized spacial score (nSPS) is 12.4. The Morgan fingerprint density at radius 2 is 1.55 bits per heavy atom. The number of thiophene rings is 1. The van der Waals surface area contributed by atoms with Gasteiger partial charge in [0.1, 0.15) is 5.84 Å². The number of benzene rings is 5. The van der Waals surface area contributed by atoms with Crippen LogP contribution >= 0.6 is 11.3 Å². The Hall–Kier alpha value is -6.22. The molecule has 0 amide bonds. The number of para-hydroxylation sites is 1. The predicted molar refractivity (Wildman–Crippen MR) is 202 cm³/mol. The number of nitrogens with zero attached hydrogens (tertiary/aromatic N) is 4. The van der Waals surface area contributed by atoms with Gasteiger partial charge in [-0.15, -0.1) is 11.3 Å². The van der Waals surface area contributed by atoms with Crippen LogP contribution in [0.25, 0.3) is 76.3 Å². The van der Waals surface area contributed by atoms with Gasteiger partial charge >= 0.3 is 0 Å². The summed E-state index contributed by atoms with van der Waals surface area (Å²) in [5.41, 5.74) is 7.20. The molecule has 0 aliphatic carbocycles. The first-order valence-electron chi connectivity index (χ1n) is 15.3. The SMILES string of the molecule is C=C/C=C\c1cn(/C=C/N=C(\C=C)n2c3ccccc3c3cc(C#N)ccc32)c2ccc(-c3cccc4c3sc3ccccc34)cc12. The number of hydrogen-bond acceptors (Lipinski definition) is 3. The van der Waals surface area contributed by atoms with Crippen molar-refractivity contribution in [3.8, 4) is 17.2 Å². The summed E-state index contributed by atoms with van der Waals surface area (Å²) >= 11 is 1.85. The summed E-state index contributed by atoms with van der Waals surface area (Å²) in [6, 6.07) is 38.1. The zero-order valence-corrected chi connectivity index (χ0v) is 26.3. The van der Waals surface area contributed by atoms with Crippen LogP contribution < -0.4 is 0 Å². The van der Waals surface area contributed by atoms with Crippen LogP contribution in [0.1, 0.15) is 11.1 Å². The lowest BCUT2D eigenvalue weighted by molar-refractivity contribution is 1.21. The summed E-state index contributed by atoms with van der Waals surface area (Å²) < 4.78 is 6.80. The number of fused-ring (bicyclic) bond motifs is 7. The Balaban J connectivity index is 1.23. The average Bonchev–Trinajstić information content (AvgIpc) is 3.78. The van der Waals surface area contributed by atoms with Crippen LogP contribution in [-0.2, 0) is 0 Å². The number of nitriles is 1. The molecule has 0 atom stereocenters. The summed E-state index contributed by atoms with van der Waals surface area (Å²) in [5, 5.41) is 15.3. The van der Waals surface area contributed by atoms with Crippen molar-refractivity contribution in [1.82, 2.24) is 9.13 Å². The van der Waals surface area contributed by atoms with Gasteiger partial charge in [0.05, 0.1) is 28.2 Å². The highest BCUT2D eigenvalue weighted by atomic mass is 32.1. The van der Waals surface area contributed by atoms with Crippen molar-refractivity contribution in [2.24, 2.45) is 4.99 Å². The molecule has 0 unspecified atom stereocenters. The zero-order valence-electron chi connectivity index (χ0n) is 25.5. The summed E-state index contributed by atoms with van der Waals surface area (Å²) in [7, 11) is 0. The van der Waals surface area contributed by atoms with E-state index in [1.54, 1.807) is 12.2 Å². The minimum atomic E-state index is 0.627. The number of aromatic nitrogens is 2. The highest BCUT2D eigenvalue weighted by Gasteiger charge is 2.15. The lowest BCUT2D eigenvalue weighted by Crippen LogP contribution is -2.07. The molecule has 5 aromatic carbocycles. The Kier molecular flexibility index (Phi) is 6.98. The molecule has 0 radical (unpaired) electrons. The smallest absolute Gasteiger partial charge is 0.136 e. The van der Waals surface area contributed by atoms with Crippen molar-refractivity contribution in [3.05, 3.63) is 158 Å². The molecule has 0 spiro atoms. The van der Waals surface area contributed by atoms with Gasteiger partial charge in [-0.25, -0.2) is 4.99 Å². The summed E-state index contributed by atoms with van der Waals surface area (Å²) in [6.07, 6.45) is 13.5. The van der Waals surface area contributed by atoms with Crippen molar-refractivity contribution in [3.63, 3.8) is 0 Å². The Morgan fingerprint density at radius 1 is 0.766 bits per heavy atom. The fourth-order valence-electron chi connectivity index (χ4n) is 6.52. The number of allylic oxidation sites excluding steroid dienone is 3. The quantitative estimate of drug-likeness (QED) is 0.104. The average molecular weight is 621 g/mol. The Morgan fingerprint density at radius 3 is 2.40 bits per heavy atom. The van der Waals surface area contributed by atoms with Crippen LogP contribution in [0.4, 0.5) is 0 Å². The topological polar surface area (TPSA) is 46.0 Å². The maximum atomic E-state index is 9.51. The molecule has 0 saturated heterocycles. The van der Waals surface area contributed by atoms with Crippen LogP contribution in [0.2, 0.25) is 0 Å². The van der Waals surface area contributed by atoms with Gasteiger partial charge in [0.25, 0.3) is 0 Å². The van der Waals surface area contributed by atoms with Crippen molar-refractivity contribution in [2.75, 3.05) is 0 Å². The zero-order chi connectivity index (χ0) is 31.9. The van der Waals surface area contributed by atoms with Crippen LogP contribution in [-0.4, -0.2) is 15.0 Å². The van der Waals surface area contributed by atoms with E-state index in [0.29, 0.717) is 11.4 Å². The van der Waals surface area contributed by atoms with Crippen LogP contribution in [0.5, 0.6) is 0 Å². The van der Waals surface area contributed by atoms with Crippen LogP contribution in [0.3, 0.4) is 0 Å². The molecule has 5 heteroatoms. The maximum absolute atomic E-state index is 9.51. The van der Waals surface area contributed by atoms with Gasteiger partial charge in [0.15, 0.2) is 0 Å². The summed E-state index contributed by atoms with van der Waals surface area (Å²) in [4.78, 5) is 4.88. The van der Waals surface area contributed by atoms with Crippen LogP contribution in [0.15, 0.2) is 152 Å². The molecule has 3 heterocycles. The lowest BCUT2D eigenvalue weighted by Gasteiger charge is -2.07. The van der Waals surface area contributed by atoms with E-state index in [-0.39, 0.29) is 0 Å². The molecule has 8 rings (SSSR count). The predicted octanol–water partition coefficient (Wildman–Crippen LogP) is 11.4. The lowest BCUT2D eigenvalue weighted by atomic mass is 10.0. The van der Waals surface area contributed by atoms with Gasteiger partial charge in [0, 0.05) is 60.5 Å². The number of aliphatic imine (C=N–C) groups is 1. The molecule has 4 nitrogen and oxygen atoms in total. The van der Waals surface area contributed by atoms with Crippen LogP contribution in [0, 0.1) is 11.3 Å². The van der Waals surface area contributed by atoms with E-state index in [9.17, 15) is 5.26 Å². The van der Waals surface area contributed by atoms with E-state index in [2.05, 4.69) is 113 Å². The van der Waals surface area contributed by atoms with Gasteiger partial charge in [-0.3, -0.25) is 4.57 Å². The van der Waals surface area contributed by atoms with Gasteiger partial charge in [0.2, 0.25) is 0 Å². The third kappa shape index (κ3) is 4.71.